The third kappa shape index (κ3) is 9.18. The molecular formula is C4H6CrO3. The topological polar surface area (TPSA) is 43.4 Å². The molecule has 0 aromatic rings. The van der Waals surface area contributed by atoms with Crippen LogP contribution in [0.1, 0.15) is 13.8 Å². The van der Waals surface area contributed by atoms with Crippen LogP contribution in [0.25, 0.3) is 0 Å². The molecule has 0 saturated carbocycles. The zero-order chi connectivity index (χ0) is 5.86. The van der Waals surface area contributed by atoms with Gasteiger partial charge in [-0.1, -0.05) is 0 Å². The van der Waals surface area contributed by atoms with Gasteiger partial charge in [-0.25, -0.2) is 0 Å². The van der Waals surface area contributed by atoms with Crippen molar-refractivity contribution in [2.24, 2.45) is 0 Å². The van der Waals surface area contributed by atoms with Crippen LogP contribution in [0, 0.1) is 0 Å². The maximum absolute atomic E-state index is 9.81. The SMILES string of the molecule is CC(=O)OC(C)=O.[Cr]. The first kappa shape index (κ1) is 10.6. The van der Waals surface area contributed by atoms with Gasteiger partial charge in [-0.3, -0.25) is 9.59 Å². The first-order chi connectivity index (χ1) is 3.13. The molecule has 0 aliphatic carbocycles. The van der Waals surface area contributed by atoms with E-state index in [2.05, 4.69) is 4.74 Å². The van der Waals surface area contributed by atoms with E-state index in [0.29, 0.717) is 0 Å². The van der Waals surface area contributed by atoms with E-state index >= 15 is 0 Å². The molecule has 8 heavy (non-hydrogen) atoms. The maximum Gasteiger partial charge on any atom is 0.310 e. The summed E-state index contributed by atoms with van der Waals surface area (Å²) in [5.74, 6) is -1.12. The molecule has 0 aliphatic heterocycles. The number of carbonyl (C=O) groups excluding carboxylic acids is 2. The Labute approximate surface area is 58.1 Å². The fourth-order valence-corrected chi connectivity index (χ4v) is 0.202. The number of rotatable bonds is 0. The van der Waals surface area contributed by atoms with Gasteiger partial charge in [0.2, 0.25) is 0 Å². The van der Waals surface area contributed by atoms with Crippen molar-refractivity contribution in [2.75, 3.05) is 0 Å². The van der Waals surface area contributed by atoms with Crippen LogP contribution in [0.4, 0.5) is 0 Å². The van der Waals surface area contributed by atoms with Crippen molar-refractivity contribution in [3.8, 4) is 0 Å². The number of ether oxygens (including phenoxy) is 1. The van der Waals surface area contributed by atoms with Crippen LogP contribution in [-0.4, -0.2) is 11.9 Å². The van der Waals surface area contributed by atoms with Crippen molar-refractivity contribution in [3.63, 3.8) is 0 Å². The van der Waals surface area contributed by atoms with Gasteiger partial charge in [0, 0.05) is 31.2 Å². The van der Waals surface area contributed by atoms with Gasteiger partial charge in [-0.2, -0.15) is 0 Å². The predicted molar refractivity (Wildman–Crippen MR) is 22.4 cm³/mol. The number of carbonyl (C=O) groups is 2. The van der Waals surface area contributed by atoms with Gasteiger partial charge in [-0.05, 0) is 0 Å². The standard InChI is InChI=1S/C4H6O3.Cr/c1-3(5)7-4(2)6;/h1-2H3;. The van der Waals surface area contributed by atoms with E-state index in [1.807, 2.05) is 0 Å². The summed E-state index contributed by atoms with van der Waals surface area (Å²) in [6.45, 7) is 2.36. The van der Waals surface area contributed by atoms with Crippen LogP contribution < -0.4 is 0 Å². The second kappa shape index (κ2) is 4.82. The summed E-state index contributed by atoms with van der Waals surface area (Å²) in [4.78, 5) is 19.6. The molecule has 0 radical (unpaired) electrons. The van der Waals surface area contributed by atoms with Crippen molar-refractivity contribution in [1.29, 1.82) is 0 Å². The second-order valence-electron chi connectivity index (χ2n) is 1.09. The quantitative estimate of drug-likeness (QED) is 0.367. The van der Waals surface area contributed by atoms with Gasteiger partial charge >= 0.3 is 11.9 Å². The van der Waals surface area contributed by atoms with Crippen molar-refractivity contribution in [3.05, 3.63) is 0 Å². The molecule has 3 nitrogen and oxygen atoms in total. The molecule has 0 atom stereocenters. The van der Waals surface area contributed by atoms with E-state index in [4.69, 9.17) is 0 Å². The van der Waals surface area contributed by atoms with Crippen LogP contribution >= 0.6 is 0 Å². The second-order valence-corrected chi connectivity index (χ2v) is 1.09. The molecule has 4 heteroatoms. The Hall–Kier alpha value is -0.328. The largest absolute Gasteiger partial charge is 0.394 e. The summed E-state index contributed by atoms with van der Waals surface area (Å²) in [5, 5.41) is 0. The Morgan fingerprint density at radius 1 is 1.12 bits per heavy atom. The molecule has 0 rings (SSSR count). The van der Waals surface area contributed by atoms with E-state index in [1.54, 1.807) is 0 Å². The minimum atomic E-state index is -0.562. The summed E-state index contributed by atoms with van der Waals surface area (Å²) in [5.41, 5.74) is 0. The third-order valence-corrected chi connectivity index (χ3v) is 0.287. The van der Waals surface area contributed by atoms with Gasteiger partial charge in [-0.15, -0.1) is 0 Å². The van der Waals surface area contributed by atoms with Crippen molar-refractivity contribution in [1.82, 2.24) is 0 Å². The molecule has 0 spiro atoms. The summed E-state index contributed by atoms with van der Waals surface area (Å²) in [6.07, 6.45) is 0. The molecule has 0 aromatic heterocycles. The molecule has 0 bridgehead atoms. The molecule has 0 N–H and O–H groups in total. The molecule has 0 heterocycles. The van der Waals surface area contributed by atoms with E-state index < -0.39 is 11.9 Å². The predicted octanol–water partition coefficient (Wildman–Crippen LogP) is 0.0935. The van der Waals surface area contributed by atoms with Crippen LogP contribution in [0.2, 0.25) is 0 Å². The van der Waals surface area contributed by atoms with E-state index in [1.165, 1.54) is 13.8 Å². The smallest absolute Gasteiger partial charge is 0.310 e. The van der Waals surface area contributed by atoms with Gasteiger partial charge in [0.25, 0.3) is 0 Å². The minimum Gasteiger partial charge on any atom is -0.394 e. The molecule has 46 valence electrons. The molecule has 0 fully saturated rings. The van der Waals surface area contributed by atoms with Gasteiger partial charge in [0.1, 0.15) is 0 Å². The van der Waals surface area contributed by atoms with Crippen LogP contribution in [0.5, 0.6) is 0 Å². The van der Waals surface area contributed by atoms with Crippen molar-refractivity contribution < 1.29 is 31.7 Å². The van der Waals surface area contributed by atoms with Crippen molar-refractivity contribution in [2.45, 2.75) is 13.8 Å². The first-order valence-electron chi connectivity index (χ1n) is 1.82. The molecule has 0 saturated heterocycles. The minimum absolute atomic E-state index is 0. The van der Waals surface area contributed by atoms with E-state index in [9.17, 15) is 9.59 Å². The molecule has 0 amide bonds. The summed E-state index contributed by atoms with van der Waals surface area (Å²) >= 11 is 0. The third-order valence-electron chi connectivity index (χ3n) is 0.287. The van der Waals surface area contributed by atoms with E-state index in [0.717, 1.165) is 0 Å². The van der Waals surface area contributed by atoms with Crippen molar-refractivity contribution >= 4 is 11.9 Å². The van der Waals surface area contributed by atoms with Gasteiger partial charge in [0.15, 0.2) is 0 Å². The molecule has 0 unspecified atom stereocenters. The Bertz CT molecular complexity index is 87.5. The first-order valence-corrected chi connectivity index (χ1v) is 1.82. The Balaban J connectivity index is 0. The number of hydrogen-bond acceptors (Lipinski definition) is 3. The average molecular weight is 154 g/mol. The number of hydrogen-bond donors (Lipinski definition) is 0. The fourth-order valence-electron chi connectivity index (χ4n) is 0.202. The monoisotopic (exact) mass is 154 g/mol. The summed E-state index contributed by atoms with van der Waals surface area (Å²) in [6, 6.07) is 0. The Kier molecular flexibility index (Phi) is 6.40. The van der Waals surface area contributed by atoms with Gasteiger partial charge in [0.05, 0.1) is 0 Å². The molecular weight excluding hydrogens is 148 g/mol. The normalized spacial score (nSPS) is 6.75. The molecule has 0 aromatic carbocycles. The maximum atomic E-state index is 9.81. The molecule has 0 aliphatic rings. The van der Waals surface area contributed by atoms with Crippen LogP contribution in [-0.2, 0) is 31.7 Å². The van der Waals surface area contributed by atoms with Gasteiger partial charge < -0.3 is 4.74 Å². The summed E-state index contributed by atoms with van der Waals surface area (Å²) < 4.78 is 3.97. The average Bonchev–Trinajstić information content (AvgIpc) is 1.27. The fraction of sp³-hybridized carbons (Fsp3) is 0.500. The Morgan fingerprint density at radius 3 is 1.38 bits per heavy atom. The van der Waals surface area contributed by atoms with Crippen LogP contribution in [0.15, 0.2) is 0 Å². The van der Waals surface area contributed by atoms with Crippen LogP contribution in [0.3, 0.4) is 0 Å². The zero-order valence-corrected chi connectivity index (χ0v) is 5.91. The zero-order valence-electron chi connectivity index (χ0n) is 4.63. The summed E-state index contributed by atoms with van der Waals surface area (Å²) in [7, 11) is 0. The number of esters is 2. The van der Waals surface area contributed by atoms with E-state index in [-0.39, 0.29) is 17.4 Å². The Morgan fingerprint density at radius 2 is 1.38 bits per heavy atom.